The number of amides is 1. The molecule has 0 aliphatic carbocycles. The van der Waals surface area contributed by atoms with Crippen LogP contribution in [0, 0.1) is 6.92 Å². The third-order valence-corrected chi connectivity index (χ3v) is 4.72. The molecule has 7 heteroatoms. The summed E-state index contributed by atoms with van der Waals surface area (Å²) in [5.74, 6) is 1.05. The highest BCUT2D eigenvalue weighted by Gasteiger charge is 2.31. The van der Waals surface area contributed by atoms with Gasteiger partial charge in [0.2, 0.25) is 0 Å². The molecule has 0 radical (unpaired) electrons. The van der Waals surface area contributed by atoms with E-state index in [1.54, 1.807) is 6.20 Å². The van der Waals surface area contributed by atoms with Crippen molar-refractivity contribution in [2.75, 3.05) is 19.6 Å². The van der Waals surface area contributed by atoms with Crippen LogP contribution in [0.2, 0.25) is 0 Å². The second kappa shape index (κ2) is 6.60. The van der Waals surface area contributed by atoms with Crippen LogP contribution in [0.15, 0.2) is 23.8 Å². The van der Waals surface area contributed by atoms with Crippen molar-refractivity contribution in [3.63, 3.8) is 0 Å². The number of nitrogens with zero attached hydrogens (tertiary/aromatic N) is 3. The molecule has 1 atom stereocenters. The van der Waals surface area contributed by atoms with Crippen LogP contribution in [0.5, 0.6) is 0 Å². The van der Waals surface area contributed by atoms with Gasteiger partial charge in [0.05, 0.1) is 4.88 Å². The van der Waals surface area contributed by atoms with E-state index in [-0.39, 0.29) is 24.4 Å². The monoisotopic (exact) mass is 326 g/mol. The number of hydrogen-bond donors (Lipinski definition) is 1. The van der Waals surface area contributed by atoms with E-state index in [1.807, 2.05) is 41.1 Å². The first kappa shape index (κ1) is 16.0. The van der Waals surface area contributed by atoms with Gasteiger partial charge in [0, 0.05) is 39.1 Å². The molecule has 3 heterocycles. The lowest BCUT2D eigenvalue weighted by Gasteiger charge is -2.35. The molecule has 1 N–H and O–H groups in total. The standard InChI is InChI=1S/C14H18N4OS.ClH/c1-10-3-8-20-12(10)14(19)18-7-4-15-9-11(18)13-16-5-6-17(13)2;/h3,5-6,8,11,15H,4,7,9H2,1-2H3;1H. The molecule has 0 spiro atoms. The van der Waals surface area contributed by atoms with Crippen LogP contribution in [0.1, 0.15) is 27.1 Å². The molecule has 1 aliphatic heterocycles. The molecule has 5 nitrogen and oxygen atoms in total. The van der Waals surface area contributed by atoms with Crippen molar-refractivity contribution in [1.82, 2.24) is 19.8 Å². The zero-order chi connectivity index (χ0) is 14.1. The van der Waals surface area contributed by atoms with Gasteiger partial charge in [-0.05, 0) is 23.9 Å². The largest absolute Gasteiger partial charge is 0.336 e. The normalized spacial score (nSPS) is 18.4. The molecule has 0 bridgehead atoms. The van der Waals surface area contributed by atoms with Crippen LogP contribution in [-0.4, -0.2) is 40.0 Å². The second-order valence-electron chi connectivity index (χ2n) is 5.05. The van der Waals surface area contributed by atoms with E-state index in [0.717, 1.165) is 29.4 Å². The van der Waals surface area contributed by atoms with Crippen LogP contribution < -0.4 is 5.32 Å². The number of aromatic nitrogens is 2. The number of thiophene rings is 1. The van der Waals surface area contributed by atoms with Crippen LogP contribution in [0.3, 0.4) is 0 Å². The first-order valence-corrected chi connectivity index (χ1v) is 7.59. The van der Waals surface area contributed by atoms with E-state index in [9.17, 15) is 4.79 Å². The SMILES string of the molecule is Cc1ccsc1C(=O)N1CCNCC1c1nccn1C.Cl. The zero-order valence-corrected chi connectivity index (χ0v) is 13.7. The van der Waals surface area contributed by atoms with Gasteiger partial charge in [0.15, 0.2) is 0 Å². The summed E-state index contributed by atoms with van der Waals surface area (Å²) in [6.07, 6.45) is 3.70. The van der Waals surface area contributed by atoms with Gasteiger partial charge in [-0.2, -0.15) is 0 Å². The molecule has 1 saturated heterocycles. The number of nitrogens with one attached hydrogen (secondary N) is 1. The fourth-order valence-electron chi connectivity index (χ4n) is 2.60. The van der Waals surface area contributed by atoms with Crippen molar-refractivity contribution in [2.45, 2.75) is 13.0 Å². The van der Waals surface area contributed by atoms with E-state index in [0.29, 0.717) is 6.54 Å². The Kier molecular flexibility index (Phi) is 5.03. The lowest BCUT2D eigenvalue weighted by molar-refractivity contribution is 0.0625. The molecule has 0 aromatic carbocycles. The second-order valence-corrected chi connectivity index (χ2v) is 5.96. The Balaban J connectivity index is 0.00000161. The Labute approximate surface area is 134 Å². The topological polar surface area (TPSA) is 50.2 Å². The first-order valence-electron chi connectivity index (χ1n) is 6.71. The summed E-state index contributed by atoms with van der Waals surface area (Å²) in [5.41, 5.74) is 1.05. The maximum absolute atomic E-state index is 12.8. The molecular formula is C14H19ClN4OS. The number of carbonyl (C=O) groups is 1. The average Bonchev–Trinajstić information content (AvgIpc) is 3.06. The Morgan fingerprint density at radius 2 is 2.33 bits per heavy atom. The number of hydrogen-bond acceptors (Lipinski definition) is 4. The predicted octanol–water partition coefficient (Wildman–Crippen LogP) is 2.00. The van der Waals surface area contributed by atoms with Crippen LogP contribution in [0.4, 0.5) is 0 Å². The Bertz CT molecular complexity index is 624. The zero-order valence-electron chi connectivity index (χ0n) is 12.1. The quantitative estimate of drug-likeness (QED) is 0.918. The molecule has 3 rings (SSSR count). The fraction of sp³-hybridized carbons (Fsp3) is 0.429. The summed E-state index contributed by atoms with van der Waals surface area (Å²) in [6, 6.07) is 1.99. The molecule has 21 heavy (non-hydrogen) atoms. The van der Waals surface area contributed by atoms with Gasteiger partial charge in [-0.25, -0.2) is 4.98 Å². The molecule has 1 unspecified atom stereocenters. The molecule has 114 valence electrons. The van der Waals surface area contributed by atoms with E-state index in [4.69, 9.17) is 0 Å². The highest BCUT2D eigenvalue weighted by molar-refractivity contribution is 7.12. The smallest absolute Gasteiger partial charge is 0.264 e. The highest BCUT2D eigenvalue weighted by Crippen LogP contribution is 2.25. The van der Waals surface area contributed by atoms with Gasteiger partial charge in [-0.3, -0.25) is 4.79 Å². The maximum atomic E-state index is 12.8. The average molecular weight is 327 g/mol. The van der Waals surface area contributed by atoms with Crippen LogP contribution in [-0.2, 0) is 7.05 Å². The van der Waals surface area contributed by atoms with E-state index < -0.39 is 0 Å². The lowest BCUT2D eigenvalue weighted by atomic mass is 10.1. The van der Waals surface area contributed by atoms with Gasteiger partial charge in [0.25, 0.3) is 5.91 Å². The number of piperazine rings is 1. The predicted molar refractivity (Wildman–Crippen MR) is 86.2 cm³/mol. The molecule has 1 amide bonds. The molecule has 2 aromatic heterocycles. The fourth-order valence-corrected chi connectivity index (χ4v) is 3.48. The molecular weight excluding hydrogens is 308 g/mol. The summed E-state index contributed by atoms with van der Waals surface area (Å²) >= 11 is 1.52. The van der Waals surface area contributed by atoms with Crippen LogP contribution >= 0.6 is 23.7 Å². The van der Waals surface area contributed by atoms with Crippen molar-refractivity contribution in [2.24, 2.45) is 7.05 Å². The van der Waals surface area contributed by atoms with Gasteiger partial charge >= 0.3 is 0 Å². The van der Waals surface area contributed by atoms with Gasteiger partial charge in [0.1, 0.15) is 11.9 Å². The van der Waals surface area contributed by atoms with Crippen LogP contribution in [0.25, 0.3) is 0 Å². The van der Waals surface area contributed by atoms with E-state index in [2.05, 4.69) is 10.3 Å². The number of halogens is 1. The molecule has 0 saturated carbocycles. The van der Waals surface area contributed by atoms with E-state index >= 15 is 0 Å². The number of aryl methyl sites for hydroxylation is 2. The van der Waals surface area contributed by atoms with Crippen molar-refractivity contribution < 1.29 is 4.79 Å². The summed E-state index contributed by atoms with van der Waals surface area (Å²) in [7, 11) is 1.97. The van der Waals surface area contributed by atoms with Gasteiger partial charge in [-0.15, -0.1) is 23.7 Å². The highest BCUT2D eigenvalue weighted by atomic mass is 35.5. The van der Waals surface area contributed by atoms with Crippen molar-refractivity contribution in [1.29, 1.82) is 0 Å². The van der Waals surface area contributed by atoms with Crippen molar-refractivity contribution >= 4 is 29.7 Å². The Morgan fingerprint density at radius 3 is 2.95 bits per heavy atom. The van der Waals surface area contributed by atoms with E-state index in [1.165, 1.54) is 11.3 Å². The van der Waals surface area contributed by atoms with Crippen molar-refractivity contribution in [3.8, 4) is 0 Å². The third-order valence-electron chi connectivity index (χ3n) is 3.72. The minimum absolute atomic E-state index is 0. The summed E-state index contributed by atoms with van der Waals surface area (Å²) in [4.78, 5) is 20.0. The molecule has 2 aromatic rings. The number of carbonyl (C=O) groups excluding carboxylic acids is 1. The minimum atomic E-state index is -0.00208. The first-order chi connectivity index (χ1) is 9.68. The molecule has 1 aliphatic rings. The lowest BCUT2D eigenvalue weighted by Crippen LogP contribution is -2.49. The maximum Gasteiger partial charge on any atom is 0.264 e. The Morgan fingerprint density at radius 1 is 1.52 bits per heavy atom. The summed E-state index contributed by atoms with van der Waals surface area (Å²) in [6.45, 7) is 4.29. The molecule has 1 fully saturated rings. The van der Waals surface area contributed by atoms with Crippen molar-refractivity contribution in [3.05, 3.63) is 40.1 Å². The van der Waals surface area contributed by atoms with Gasteiger partial charge < -0.3 is 14.8 Å². The third kappa shape index (κ3) is 2.97. The summed E-state index contributed by atoms with van der Waals surface area (Å²) < 4.78 is 1.99. The number of imidazole rings is 1. The minimum Gasteiger partial charge on any atom is -0.336 e. The Hall–Kier alpha value is -1.37. The van der Waals surface area contributed by atoms with Gasteiger partial charge in [-0.1, -0.05) is 0 Å². The number of rotatable bonds is 2. The summed E-state index contributed by atoms with van der Waals surface area (Å²) in [5, 5.41) is 5.32.